The molecule has 2 atom stereocenters. The van der Waals surface area contributed by atoms with Crippen molar-refractivity contribution in [3.63, 3.8) is 0 Å². The van der Waals surface area contributed by atoms with E-state index in [1.807, 2.05) is 115 Å². The highest BCUT2D eigenvalue weighted by molar-refractivity contribution is 6.17. The van der Waals surface area contributed by atoms with Crippen molar-refractivity contribution in [2.24, 2.45) is 11.5 Å². The standard InChI is InChI=1S/C41H40N2O6/c42-37(44)27-35(26-31-21-22-32-16-7-8-17-33(32)25-31)49-40(47)41(43,23-11-20-38(45)48-28-30-14-5-2-6-15-30)39(46)36-19-10-9-18-34(36)24-29-12-3-1-4-13-29/h1-10,12-19,21-22,25,35H,11,20,23-24,26-28,43H2,(H2,42,44)/t35-,41-/m0/s1. The second kappa shape index (κ2) is 16.5. The van der Waals surface area contributed by atoms with Crippen molar-refractivity contribution in [2.45, 2.75) is 56.8 Å². The molecule has 0 spiro atoms. The highest BCUT2D eigenvalue weighted by atomic mass is 16.5. The molecule has 0 fully saturated rings. The van der Waals surface area contributed by atoms with E-state index in [4.69, 9.17) is 20.9 Å². The first kappa shape index (κ1) is 34.7. The molecular formula is C41H40N2O6. The molecule has 5 aromatic carbocycles. The topological polar surface area (TPSA) is 139 Å². The number of nitrogens with two attached hydrogens (primary N) is 2. The average Bonchev–Trinajstić information content (AvgIpc) is 3.11. The van der Waals surface area contributed by atoms with E-state index in [0.29, 0.717) is 12.0 Å². The third kappa shape index (κ3) is 9.49. The fourth-order valence-electron chi connectivity index (χ4n) is 5.85. The van der Waals surface area contributed by atoms with E-state index in [2.05, 4.69) is 0 Å². The number of fused-ring (bicyclic) bond motifs is 1. The maximum absolute atomic E-state index is 14.4. The fourth-order valence-corrected chi connectivity index (χ4v) is 5.85. The molecule has 8 heteroatoms. The lowest BCUT2D eigenvalue weighted by molar-refractivity contribution is -0.155. The van der Waals surface area contributed by atoms with E-state index in [-0.39, 0.29) is 44.3 Å². The van der Waals surface area contributed by atoms with Crippen LogP contribution in [0.4, 0.5) is 0 Å². The van der Waals surface area contributed by atoms with Gasteiger partial charge < -0.3 is 20.9 Å². The first-order valence-electron chi connectivity index (χ1n) is 16.3. The highest BCUT2D eigenvalue weighted by Crippen LogP contribution is 2.26. The number of amides is 1. The molecule has 0 unspecified atom stereocenters. The van der Waals surface area contributed by atoms with Gasteiger partial charge in [-0.05, 0) is 52.3 Å². The number of carbonyl (C=O) groups excluding carboxylic acids is 4. The van der Waals surface area contributed by atoms with Crippen LogP contribution < -0.4 is 11.5 Å². The monoisotopic (exact) mass is 656 g/mol. The summed E-state index contributed by atoms with van der Waals surface area (Å²) in [5, 5.41) is 2.03. The van der Waals surface area contributed by atoms with Crippen LogP contribution >= 0.6 is 0 Å². The number of ether oxygens (including phenoxy) is 2. The molecule has 1 amide bonds. The second-order valence-electron chi connectivity index (χ2n) is 12.2. The van der Waals surface area contributed by atoms with Crippen LogP contribution in [-0.4, -0.2) is 35.3 Å². The molecule has 0 aliphatic carbocycles. The largest absolute Gasteiger partial charge is 0.461 e. The summed E-state index contributed by atoms with van der Waals surface area (Å²) in [7, 11) is 0. The Hall–Kier alpha value is -5.60. The van der Waals surface area contributed by atoms with Crippen LogP contribution in [0.25, 0.3) is 10.8 Å². The van der Waals surface area contributed by atoms with Gasteiger partial charge in [-0.25, -0.2) is 4.79 Å². The maximum atomic E-state index is 14.4. The molecule has 0 saturated heterocycles. The molecule has 5 rings (SSSR count). The summed E-state index contributed by atoms with van der Waals surface area (Å²) in [6, 6.07) is 39.5. The van der Waals surface area contributed by atoms with Crippen LogP contribution in [-0.2, 0) is 43.3 Å². The zero-order chi connectivity index (χ0) is 34.6. The smallest absolute Gasteiger partial charge is 0.334 e. The first-order valence-corrected chi connectivity index (χ1v) is 16.3. The zero-order valence-corrected chi connectivity index (χ0v) is 27.3. The predicted octanol–water partition coefficient (Wildman–Crippen LogP) is 6.25. The Morgan fingerprint density at radius 3 is 2.04 bits per heavy atom. The van der Waals surface area contributed by atoms with Gasteiger partial charge in [0.1, 0.15) is 12.7 Å². The van der Waals surface area contributed by atoms with Crippen molar-refractivity contribution >= 4 is 34.4 Å². The molecule has 0 radical (unpaired) electrons. The summed E-state index contributed by atoms with van der Waals surface area (Å²) in [5.74, 6) is -2.77. The van der Waals surface area contributed by atoms with E-state index >= 15 is 0 Å². The summed E-state index contributed by atoms with van der Waals surface area (Å²) in [5.41, 5.74) is 13.8. The third-order valence-electron chi connectivity index (χ3n) is 8.44. The Bertz CT molecular complexity index is 1910. The van der Waals surface area contributed by atoms with Crippen LogP contribution in [0, 0.1) is 0 Å². The van der Waals surface area contributed by atoms with Crippen LogP contribution in [0.3, 0.4) is 0 Å². The molecule has 8 nitrogen and oxygen atoms in total. The van der Waals surface area contributed by atoms with Crippen molar-refractivity contribution < 1.29 is 28.7 Å². The lowest BCUT2D eigenvalue weighted by Crippen LogP contribution is -2.57. The minimum atomic E-state index is -2.16. The number of carbonyl (C=O) groups is 4. The predicted molar refractivity (Wildman–Crippen MR) is 188 cm³/mol. The van der Waals surface area contributed by atoms with E-state index in [9.17, 15) is 19.2 Å². The molecule has 5 aromatic rings. The van der Waals surface area contributed by atoms with Gasteiger partial charge in [-0.1, -0.05) is 127 Å². The minimum Gasteiger partial charge on any atom is -0.461 e. The number of esters is 2. The van der Waals surface area contributed by atoms with Gasteiger partial charge in [-0.15, -0.1) is 0 Å². The normalized spacial score (nSPS) is 12.8. The summed E-state index contributed by atoms with van der Waals surface area (Å²) in [6.07, 6.45) is -0.802. The number of primary amides is 1. The van der Waals surface area contributed by atoms with Gasteiger partial charge in [-0.2, -0.15) is 0 Å². The van der Waals surface area contributed by atoms with Crippen molar-refractivity contribution in [1.82, 2.24) is 0 Å². The Morgan fingerprint density at radius 2 is 1.33 bits per heavy atom. The van der Waals surface area contributed by atoms with Gasteiger partial charge in [0.15, 0.2) is 11.3 Å². The van der Waals surface area contributed by atoms with Crippen molar-refractivity contribution in [3.05, 3.63) is 155 Å². The number of Topliss-reactive ketones (excluding diaryl/α,β-unsaturated/α-hetero) is 1. The van der Waals surface area contributed by atoms with E-state index in [1.54, 1.807) is 12.1 Å². The quantitative estimate of drug-likeness (QED) is 0.0727. The average molecular weight is 657 g/mol. The Kier molecular flexibility index (Phi) is 11.7. The number of hydrogen-bond acceptors (Lipinski definition) is 7. The molecule has 49 heavy (non-hydrogen) atoms. The van der Waals surface area contributed by atoms with Crippen molar-refractivity contribution in [1.29, 1.82) is 0 Å². The summed E-state index contributed by atoms with van der Waals surface area (Å²) in [6.45, 7) is 0.102. The summed E-state index contributed by atoms with van der Waals surface area (Å²) < 4.78 is 11.3. The van der Waals surface area contributed by atoms with Gasteiger partial charge in [0.05, 0.1) is 6.42 Å². The molecule has 4 N–H and O–H groups in total. The fraction of sp³-hybridized carbons (Fsp3) is 0.220. The van der Waals surface area contributed by atoms with Crippen molar-refractivity contribution in [2.75, 3.05) is 0 Å². The Morgan fingerprint density at radius 1 is 0.694 bits per heavy atom. The highest BCUT2D eigenvalue weighted by Gasteiger charge is 2.45. The first-order chi connectivity index (χ1) is 23.7. The van der Waals surface area contributed by atoms with Crippen LogP contribution in [0.2, 0.25) is 0 Å². The number of rotatable bonds is 16. The minimum absolute atomic E-state index is 0.0696. The number of benzene rings is 5. The SMILES string of the molecule is NC(=O)C[C@H](Cc1ccc2ccccc2c1)OC(=O)[C@](N)(CCCC(=O)OCc1ccccc1)C(=O)c1ccccc1Cc1ccccc1. The lowest BCUT2D eigenvalue weighted by atomic mass is 9.82. The van der Waals surface area contributed by atoms with E-state index < -0.39 is 35.3 Å². The molecule has 0 bridgehead atoms. The second-order valence-corrected chi connectivity index (χ2v) is 12.2. The van der Waals surface area contributed by atoms with Crippen LogP contribution in [0.5, 0.6) is 0 Å². The van der Waals surface area contributed by atoms with Gasteiger partial charge in [0.25, 0.3) is 0 Å². The molecule has 0 heterocycles. The molecule has 250 valence electrons. The number of hydrogen-bond donors (Lipinski definition) is 2. The molecule has 0 aliphatic rings. The van der Waals surface area contributed by atoms with Crippen molar-refractivity contribution in [3.8, 4) is 0 Å². The van der Waals surface area contributed by atoms with Crippen LogP contribution in [0.15, 0.2) is 127 Å². The van der Waals surface area contributed by atoms with Gasteiger partial charge in [0.2, 0.25) is 5.91 Å². The lowest BCUT2D eigenvalue weighted by Gasteiger charge is -2.29. The number of ketones is 1. The molecular weight excluding hydrogens is 616 g/mol. The van der Waals surface area contributed by atoms with Gasteiger partial charge in [0, 0.05) is 18.4 Å². The summed E-state index contributed by atoms with van der Waals surface area (Å²) in [4.78, 5) is 53.2. The van der Waals surface area contributed by atoms with Gasteiger partial charge >= 0.3 is 11.9 Å². The van der Waals surface area contributed by atoms with Gasteiger partial charge in [-0.3, -0.25) is 14.4 Å². The third-order valence-corrected chi connectivity index (χ3v) is 8.44. The van der Waals surface area contributed by atoms with E-state index in [0.717, 1.165) is 27.5 Å². The Labute approximate surface area is 286 Å². The van der Waals surface area contributed by atoms with Crippen LogP contribution in [0.1, 0.15) is 58.3 Å². The molecule has 0 aromatic heterocycles. The maximum Gasteiger partial charge on any atom is 0.334 e. The summed E-state index contributed by atoms with van der Waals surface area (Å²) >= 11 is 0. The van der Waals surface area contributed by atoms with E-state index in [1.165, 1.54) is 0 Å². The zero-order valence-electron chi connectivity index (χ0n) is 27.3. The molecule has 0 aliphatic heterocycles. The Balaban J connectivity index is 1.38. The molecule has 0 saturated carbocycles.